The van der Waals surface area contributed by atoms with Crippen LogP contribution in [0.1, 0.15) is 11.3 Å². The van der Waals surface area contributed by atoms with E-state index in [1.54, 1.807) is 24.9 Å². The van der Waals surface area contributed by atoms with Crippen LogP contribution in [0, 0.1) is 0 Å². The Labute approximate surface area is 134 Å². The van der Waals surface area contributed by atoms with Crippen molar-refractivity contribution < 1.29 is 4.42 Å². The smallest absolute Gasteiger partial charge is 0.245 e. The summed E-state index contributed by atoms with van der Waals surface area (Å²) in [6.07, 6.45) is 7.82. The maximum atomic E-state index is 5.27. The minimum atomic E-state index is 0.481. The van der Waals surface area contributed by atoms with E-state index >= 15 is 0 Å². The highest BCUT2D eigenvalue weighted by Crippen LogP contribution is 2.11. The highest BCUT2D eigenvalue weighted by atomic mass is 16.3. The molecule has 0 aromatic carbocycles. The molecular formula is C16H18N6O. The van der Waals surface area contributed by atoms with Gasteiger partial charge in [0.2, 0.25) is 5.95 Å². The lowest BCUT2D eigenvalue weighted by Crippen LogP contribution is -2.22. The molecule has 0 aliphatic rings. The summed E-state index contributed by atoms with van der Waals surface area (Å²) in [6.45, 7) is 1.36. The van der Waals surface area contributed by atoms with Gasteiger partial charge in [0.25, 0.3) is 0 Å². The normalized spacial score (nSPS) is 10.5. The molecular weight excluding hydrogens is 292 g/mol. The van der Waals surface area contributed by atoms with Crippen LogP contribution in [0.2, 0.25) is 0 Å². The molecule has 0 bridgehead atoms. The van der Waals surface area contributed by atoms with E-state index in [0.717, 1.165) is 24.5 Å². The molecule has 3 aromatic heterocycles. The number of nitrogens with one attached hydrogen (secondary N) is 1. The molecule has 118 valence electrons. The maximum Gasteiger partial charge on any atom is 0.245 e. The first-order chi connectivity index (χ1) is 11.3. The third-order valence-corrected chi connectivity index (χ3v) is 3.42. The Kier molecular flexibility index (Phi) is 4.78. The molecule has 0 saturated carbocycles. The molecule has 7 heteroatoms. The maximum absolute atomic E-state index is 5.27. The van der Waals surface area contributed by atoms with Crippen molar-refractivity contribution in [3.63, 3.8) is 0 Å². The molecule has 3 aromatic rings. The van der Waals surface area contributed by atoms with E-state index in [1.807, 2.05) is 36.2 Å². The fraction of sp³-hybridized carbons (Fsp3) is 0.250. The van der Waals surface area contributed by atoms with E-state index in [1.165, 1.54) is 5.56 Å². The minimum absolute atomic E-state index is 0.481. The van der Waals surface area contributed by atoms with Crippen molar-refractivity contribution in [2.24, 2.45) is 0 Å². The summed E-state index contributed by atoms with van der Waals surface area (Å²) >= 11 is 0. The highest BCUT2D eigenvalue weighted by molar-refractivity contribution is 5.39. The van der Waals surface area contributed by atoms with Crippen LogP contribution in [-0.4, -0.2) is 33.8 Å². The Morgan fingerprint density at radius 2 is 2.09 bits per heavy atom. The first-order valence-corrected chi connectivity index (χ1v) is 7.37. The van der Waals surface area contributed by atoms with Crippen molar-refractivity contribution in [2.75, 3.05) is 23.8 Å². The van der Waals surface area contributed by atoms with Gasteiger partial charge < -0.3 is 14.6 Å². The third-order valence-electron chi connectivity index (χ3n) is 3.42. The van der Waals surface area contributed by atoms with Gasteiger partial charge in [-0.2, -0.15) is 10.1 Å². The number of aromatic nitrogens is 4. The third kappa shape index (κ3) is 4.26. The molecule has 0 unspecified atom stereocenters. The second-order valence-electron chi connectivity index (χ2n) is 5.10. The van der Waals surface area contributed by atoms with Crippen molar-refractivity contribution in [3.05, 3.63) is 60.4 Å². The van der Waals surface area contributed by atoms with Crippen LogP contribution in [0.25, 0.3) is 0 Å². The largest absolute Gasteiger partial charge is 0.467 e. The van der Waals surface area contributed by atoms with Crippen molar-refractivity contribution in [2.45, 2.75) is 13.0 Å². The zero-order valence-electron chi connectivity index (χ0n) is 12.9. The van der Waals surface area contributed by atoms with Gasteiger partial charge in [-0.25, -0.2) is 0 Å². The Morgan fingerprint density at radius 1 is 1.22 bits per heavy atom. The van der Waals surface area contributed by atoms with Gasteiger partial charge in [-0.1, -0.05) is 0 Å². The second-order valence-corrected chi connectivity index (χ2v) is 5.10. The standard InChI is InChI=1S/C16H18N6O/c1-22(9-6-13-4-7-17-8-5-13)15-12-19-21-16(20-15)18-11-14-3-2-10-23-14/h2-5,7-8,10,12H,6,9,11H2,1H3,(H,18,20,21). The Bertz CT molecular complexity index is 716. The average molecular weight is 310 g/mol. The monoisotopic (exact) mass is 310 g/mol. The summed E-state index contributed by atoms with van der Waals surface area (Å²) in [4.78, 5) is 10.5. The van der Waals surface area contributed by atoms with Crippen molar-refractivity contribution in [1.29, 1.82) is 0 Å². The van der Waals surface area contributed by atoms with E-state index in [0.29, 0.717) is 12.5 Å². The van der Waals surface area contributed by atoms with Crippen LogP contribution in [0.15, 0.2) is 53.5 Å². The number of hydrogen-bond acceptors (Lipinski definition) is 7. The van der Waals surface area contributed by atoms with Gasteiger partial charge in [0, 0.05) is 26.0 Å². The molecule has 3 rings (SSSR count). The van der Waals surface area contributed by atoms with E-state index in [-0.39, 0.29) is 0 Å². The molecule has 3 heterocycles. The second kappa shape index (κ2) is 7.35. The van der Waals surface area contributed by atoms with Gasteiger partial charge in [0.05, 0.1) is 19.0 Å². The van der Waals surface area contributed by atoms with Crippen LogP contribution in [0.5, 0.6) is 0 Å². The predicted octanol–water partition coefficient (Wildman–Crippen LogP) is 2.15. The van der Waals surface area contributed by atoms with E-state index in [4.69, 9.17) is 4.42 Å². The molecule has 23 heavy (non-hydrogen) atoms. The minimum Gasteiger partial charge on any atom is -0.467 e. The van der Waals surface area contributed by atoms with Crippen LogP contribution >= 0.6 is 0 Å². The average Bonchev–Trinajstić information content (AvgIpc) is 3.12. The summed E-state index contributed by atoms with van der Waals surface area (Å²) in [5.74, 6) is 2.08. The lowest BCUT2D eigenvalue weighted by molar-refractivity contribution is 0.517. The van der Waals surface area contributed by atoms with Gasteiger partial charge in [-0.05, 0) is 36.2 Å². The predicted molar refractivity (Wildman–Crippen MR) is 87.1 cm³/mol. The number of pyridine rings is 1. The quantitative estimate of drug-likeness (QED) is 0.716. The molecule has 0 fully saturated rings. The van der Waals surface area contributed by atoms with Crippen molar-refractivity contribution >= 4 is 11.8 Å². The van der Waals surface area contributed by atoms with Crippen LogP contribution < -0.4 is 10.2 Å². The van der Waals surface area contributed by atoms with Crippen LogP contribution in [0.4, 0.5) is 11.8 Å². The molecule has 0 amide bonds. The first-order valence-electron chi connectivity index (χ1n) is 7.37. The first kappa shape index (κ1) is 15.0. The van der Waals surface area contributed by atoms with Gasteiger partial charge in [0.1, 0.15) is 5.76 Å². The van der Waals surface area contributed by atoms with Crippen molar-refractivity contribution in [1.82, 2.24) is 20.2 Å². The Morgan fingerprint density at radius 3 is 2.87 bits per heavy atom. The number of nitrogens with zero attached hydrogens (tertiary/aromatic N) is 5. The van der Waals surface area contributed by atoms with Gasteiger partial charge in [-0.3, -0.25) is 4.98 Å². The SMILES string of the molecule is CN(CCc1ccncc1)c1cnnc(NCc2ccco2)n1. The number of hydrogen-bond donors (Lipinski definition) is 1. The number of likely N-dealkylation sites (N-methyl/N-ethyl adjacent to an activating group) is 1. The summed E-state index contributed by atoms with van der Waals surface area (Å²) in [7, 11) is 1.99. The fourth-order valence-electron chi connectivity index (χ4n) is 2.09. The molecule has 0 aliphatic heterocycles. The number of furan rings is 1. The Balaban J connectivity index is 1.57. The number of rotatable bonds is 7. The van der Waals surface area contributed by atoms with Gasteiger partial charge in [0.15, 0.2) is 5.82 Å². The van der Waals surface area contributed by atoms with E-state index in [9.17, 15) is 0 Å². The molecule has 0 atom stereocenters. The lowest BCUT2D eigenvalue weighted by Gasteiger charge is -2.17. The molecule has 0 radical (unpaired) electrons. The van der Waals surface area contributed by atoms with Crippen LogP contribution in [-0.2, 0) is 13.0 Å². The van der Waals surface area contributed by atoms with Crippen LogP contribution in [0.3, 0.4) is 0 Å². The molecule has 0 aliphatic carbocycles. The lowest BCUT2D eigenvalue weighted by atomic mass is 10.2. The highest BCUT2D eigenvalue weighted by Gasteiger charge is 2.06. The van der Waals surface area contributed by atoms with Gasteiger partial charge in [-0.15, -0.1) is 5.10 Å². The topological polar surface area (TPSA) is 80.0 Å². The zero-order valence-corrected chi connectivity index (χ0v) is 12.9. The number of anilines is 2. The zero-order chi connectivity index (χ0) is 15.9. The molecule has 0 saturated heterocycles. The fourth-order valence-corrected chi connectivity index (χ4v) is 2.09. The summed E-state index contributed by atoms with van der Waals surface area (Å²) in [5.41, 5.74) is 1.24. The summed E-state index contributed by atoms with van der Waals surface area (Å²) in [5, 5.41) is 11.1. The molecule has 0 spiro atoms. The summed E-state index contributed by atoms with van der Waals surface area (Å²) < 4.78 is 5.27. The van der Waals surface area contributed by atoms with E-state index < -0.39 is 0 Å². The Hall–Kier alpha value is -2.96. The molecule has 7 nitrogen and oxygen atoms in total. The molecule has 1 N–H and O–H groups in total. The van der Waals surface area contributed by atoms with E-state index in [2.05, 4.69) is 25.5 Å². The van der Waals surface area contributed by atoms with Crippen molar-refractivity contribution in [3.8, 4) is 0 Å². The summed E-state index contributed by atoms with van der Waals surface area (Å²) in [6, 6.07) is 7.77. The van der Waals surface area contributed by atoms with Gasteiger partial charge >= 0.3 is 0 Å².